The van der Waals surface area contributed by atoms with Gasteiger partial charge in [0, 0.05) is 43.9 Å². The van der Waals surface area contributed by atoms with Gasteiger partial charge in [-0.15, -0.1) is 0 Å². The highest BCUT2D eigenvalue weighted by Crippen LogP contribution is 2.32. The summed E-state index contributed by atoms with van der Waals surface area (Å²) in [5, 5.41) is 11.7. The lowest BCUT2D eigenvalue weighted by molar-refractivity contribution is -0.384. The van der Waals surface area contributed by atoms with Crippen LogP contribution in [0, 0.1) is 10.1 Å². The molecule has 2 aromatic rings. The Morgan fingerprint density at radius 1 is 0.971 bits per heavy atom. The molecule has 2 heterocycles. The Kier molecular flexibility index (Phi) is 6.63. The van der Waals surface area contributed by atoms with Gasteiger partial charge < -0.3 is 14.5 Å². The van der Waals surface area contributed by atoms with Gasteiger partial charge in [0.1, 0.15) is 5.69 Å². The summed E-state index contributed by atoms with van der Waals surface area (Å²) in [4.78, 5) is 52.1. The maximum absolute atomic E-state index is 12.9. The topological polar surface area (TPSA) is 110 Å². The van der Waals surface area contributed by atoms with E-state index in [1.165, 1.54) is 26.0 Å². The molecular formula is C25H27N3O6. The fraction of sp³-hybridized carbons (Fsp3) is 0.400. The van der Waals surface area contributed by atoms with Gasteiger partial charge in [-0.3, -0.25) is 19.7 Å². The molecule has 0 spiro atoms. The van der Waals surface area contributed by atoms with Crippen molar-refractivity contribution in [3.8, 4) is 0 Å². The van der Waals surface area contributed by atoms with E-state index in [1.54, 1.807) is 29.2 Å². The van der Waals surface area contributed by atoms with Crippen molar-refractivity contribution in [2.75, 3.05) is 29.4 Å². The van der Waals surface area contributed by atoms with Crippen LogP contribution in [0.2, 0.25) is 0 Å². The smallest absolute Gasteiger partial charge is 0.339 e. The quantitative estimate of drug-likeness (QED) is 0.275. The lowest BCUT2D eigenvalue weighted by Gasteiger charge is -2.28. The number of carbonyl (C=O) groups is 3. The van der Waals surface area contributed by atoms with Crippen LogP contribution in [0.15, 0.2) is 36.4 Å². The standard InChI is InChI=1S/C25H27N3O6/c1-16(24(30)19-6-8-21-18(14-19)10-13-27(21)17(2)29)34-25(31)20-7-9-22(23(15-20)28(32)33)26-11-4-3-5-12-26/h6-9,14-16H,3-5,10-13H2,1-2H3. The summed E-state index contributed by atoms with van der Waals surface area (Å²) in [6.45, 7) is 5.02. The summed E-state index contributed by atoms with van der Waals surface area (Å²) in [5.74, 6) is -1.23. The van der Waals surface area contributed by atoms with Crippen molar-refractivity contribution < 1.29 is 24.0 Å². The van der Waals surface area contributed by atoms with Crippen LogP contribution >= 0.6 is 0 Å². The Hall–Kier alpha value is -3.75. The molecule has 2 aliphatic heterocycles. The third-order valence-corrected chi connectivity index (χ3v) is 6.40. The number of nitro groups is 1. The number of ketones is 1. The lowest BCUT2D eigenvalue weighted by atomic mass is 10.0. The average molecular weight is 466 g/mol. The number of Topliss-reactive ketones (excluding diaryl/α,β-unsaturated/α-hetero) is 1. The normalized spacial score (nSPS) is 16.1. The zero-order valence-corrected chi connectivity index (χ0v) is 19.3. The number of anilines is 2. The molecule has 9 nitrogen and oxygen atoms in total. The molecule has 1 fully saturated rings. The number of piperidine rings is 1. The molecule has 9 heteroatoms. The van der Waals surface area contributed by atoms with Crippen molar-refractivity contribution in [2.45, 2.75) is 45.6 Å². The molecule has 0 N–H and O–H groups in total. The molecule has 1 saturated heterocycles. The highest BCUT2D eigenvalue weighted by Gasteiger charge is 2.27. The molecule has 0 radical (unpaired) electrons. The number of hydrogen-bond donors (Lipinski definition) is 0. The van der Waals surface area contributed by atoms with E-state index in [4.69, 9.17) is 4.74 Å². The second-order valence-corrected chi connectivity index (χ2v) is 8.68. The minimum Gasteiger partial charge on any atom is -0.451 e. The molecule has 34 heavy (non-hydrogen) atoms. The van der Waals surface area contributed by atoms with Gasteiger partial charge in [-0.1, -0.05) is 0 Å². The number of hydrogen-bond acceptors (Lipinski definition) is 7. The van der Waals surface area contributed by atoms with Crippen molar-refractivity contribution in [3.05, 3.63) is 63.2 Å². The predicted octanol–water partition coefficient (Wildman–Crippen LogP) is 3.92. The van der Waals surface area contributed by atoms with Crippen molar-refractivity contribution in [3.63, 3.8) is 0 Å². The van der Waals surface area contributed by atoms with E-state index in [2.05, 4.69) is 0 Å². The first kappa shape index (κ1) is 23.4. The van der Waals surface area contributed by atoms with E-state index in [1.807, 2.05) is 4.90 Å². The molecular weight excluding hydrogens is 438 g/mol. The number of carbonyl (C=O) groups excluding carboxylic acids is 3. The molecule has 2 aromatic carbocycles. The summed E-state index contributed by atoms with van der Waals surface area (Å²) >= 11 is 0. The Bertz CT molecular complexity index is 1160. The largest absolute Gasteiger partial charge is 0.451 e. The van der Waals surface area contributed by atoms with E-state index >= 15 is 0 Å². The summed E-state index contributed by atoms with van der Waals surface area (Å²) in [6.07, 6.45) is 2.61. The Balaban J connectivity index is 1.48. The van der Waals surface area contributed by atoms with Gasteiger partial charge in [-0.05, 0) is 68.5 Å². The Labute approximate surface area is 197 Å². The zero-order valence-electron chi connectivity index (χ0n) is 19.3. The molecule has 178 valence electrons. The minimum absolute atomic E-state index is 0.0261. The Morgan fingerprint density at radius 3 is 2.32 bits per heavy atom. The molecule has 0 aliphatic carbocycles. The number of esters is 1. The molecule has 2 aliphatic rings. The zero-order chi connectivity index (χ0) is 24.4. The second kappa shape index (κ2) is 9.62. The monoisotopic (exact) mass is 465 g/mol. The fourth-order valence-corrected chi connectivity index (χ4v) is 4.60. The second-order valence-electron chi connectivity index (χ2n) is 8.68. The number of fused-ring (bicyclic) bond motifs is 1. The van der Waals surface area contributed by atoms with Gasteiger partial charge in [0.2, 0.25) is 11.7 Å². The number of rotatable bonds is 6. The van der Waals surface area contributed by atoms with E-state index in [-0.39, 0.29) is 22.9 Å². The van der Waals surface area contributed by atoms with Crippen LogP contribution in [0.3, 0.4) is 0 Å². The van der Waals surface area contributed by atoms with Crippen LogP contribution in [0.25, 0.3) is 0 Å². The maximum atomic E-state index is 12.9. The van der Waals surface area contributed by atoms with Crippen molar-refractivity contribution in [2.24, 2.45) is 0 Å². The number of amides is 1. The van der Waals surface area contributed by atoms with Gasteiger partial charge >= 0.3 is 5.97 Å². The van der Waals surface area contributed by atoms with Crippen LogP contribution in [0.1, 0.15) is 59.4 Å². The summed E-state index contributed by atoms with van der Waals surface area (Å²) in [6, 6.07) is 9.37. The number of nitrogens with zero attached hydrogens (tertiary/aromatic N) is 3. The van der Waals surface area contributed by atoms with Crippen LogP contribution in [-0.2, 0) is 16.0 Å². The summed E-state index contributed by atoms with van der Waals surface area (Å²) in [7, 11) is 0. The maximum Gasteiger partial charge on any atom is 0.339 e. The predicted molar refractivity (Wildman–Crippen MR) is 127 cm³/mol. The van der Waals surface area contributed by atoms with Gasteiger partial charge in [-0.2, -0.15) is 0 Å². The third kappa shape index (κ3) is 4.64. The molecule has 1 unspecified atom stereocenters. The molecule has 1 amide bonds. The average Bonchev–Trinajstić information content (AvgIpc) is 3.27. The highest BCUT2D eigenvalue weighted by molar-refractivity contribution is 6.03. The summed E-state index contributed by atoms with van der Waals surface area (Å²) in [5.41, 5.74) is 2.43. The first-order valence-corrected chi connectivity index (χ1v) is 11.5. The third-order valence-electron chi connectivity index (χ3n) is 6.40. The fourth-order valence-electron chi connectivity index (χ4n) is 4.60. The van der Waals surface area contributed by atoms with E-state index < -0.39 is 17.0 Å². The van der Waals surface area contributed by atoms with Gasteiger partial charge in [0.25, 0.3) is 5.69 Å². The van der Waals surface area contributed by atoms with E-state index in [0.29, 0.717) is 24.2 Å². The molecule has 1 atom stereocenters. The first-order valence-electron chi connectivity index (χ1n) is 11.5. The SMILES string of the molecule is CC(=O)N1CCc2cc(C(=O)C(C)OC(=O)c3ccc(N4CCCCC4)c([N+](=O)[O-])c3)ccc21. The molecule has 4 rings (SSSR count). The van der Waals surface area contributed by atoms with Gasteiger partial charge in [0.15, 0.2) is 6.10 Å². The Morgan fingerprint density at radius 2 is 1.65 bits per heavy atom. The first-order chi connectivity index (χ1) is 16.3. The molecule has 0 bridgehead atoms. The van der Waals surface area contributed by atoms with Crippen molar-refractivity contribution in [1.29, 1.82) is 0 Å². The summed E-state index contributed by atoms with van der Waals surface area (Å²) < 4.78 is 5.36. The van der Waals surface area contributed by atoms with Crippen LogP contribution < -0.4 is 9.80 Å². The molecule has 0 aromatic heterocycles. The van der Waals surface area contributed by atoms with Gasteiger partial charge in [0.05, 0.1) is 10.5 Å². The number of nitro benzene ring substituents is 1. The highest BCUT2D eigenvalue weighted by atomic mass is 16.6. The van der Waals surface area contributed by atoms with Crippen LogP contribution in [0.5, 0.6) is 0 Å². The van der Waals surface area contributed by atoms with E-state index in [9.17, 15) is 24.5 Å². The molecule has 0 saturated carbocycles. The minimum atomic E-state index is -1.07. The van der Waals surface area contributed by atoms with Gasteiger partial charge in [-0.25, -0.2) is 4.79 Å². The lowest BCUT2D eigenvalue weighted by Crippen LogP contribution is -2.30. The number of benzene rings is 2. The van der Waals surface area contributed by atoms with Crippen molar-refractivity contribution >= 4 is 34.7 Å². The van der Waals surface area contributed by atoms with Crippen LogP contribution in [0.4, 0.5) is 17.1 Å². The van der Waals surface area contributed by atoms with E-state index in [0.717, 1.165) is 43.6 Å². The van der Waals surface area contributed by atoms with Crippen LogP contribution in [-0.4, -0.2) is 48.3 Å². The number of ether oxygens (including phenoxy) is 1. The van der Waals surface area contributed by atoms with Crippen molar-refractivity contribution in [1.82, 2.24) is 0 Å².